The number of carbonyl (C=O) groups is 1. The average molecular weight is 250 g/mol. The van der Waals surface area contributed by atoms with Gasteiger partial charge in [0.15, 0.2) is 0 Å². The van der Waals surface area contributed by atoms with Crippen molar-refractivity contribution < 1.29 is 4.79 Å². The molecule has 92 valence electrons. The Morgan fingerprint density at radius 2 is 2.29 bits per heavy atom. The predicted molar refractivity (Wildman–Crippen MR) is 71.4 cm³/mol. The van der Waals surface area contributed by atoms with E-state index in [4.69, 9.17) is 0 Å². The topological polar surface area (TPSA) is 41.1 Å². The van der Waals surface area contributed by atoms with Crippen molar-refractivity contribution in [3.63, 3.8) is 0 Å². The number of hydrogen-bond donors (Lipinski definition) is 2. The molecule has 0 aliphatic carbocycles. The number of likely N-dealkylation sites (N-methyl/N-ethyl adjacent to an activating group) is 1. The van der Waals surface area contributed by atoms with Crippen LogP contribution in [-0.4, -0.2) is 31.3 Å². The quantitative estimate of drug-likeness (QED) is 0.853. The second kappa shape index (κ2) is 5.56. The van der Waals surface area contributed by atoms with Gasteiger partial charge in [-0.1, -0.05) is 18.2 Å². The Balaban J connectivity index is 1.98. The molecular formula is C13H18N2OS. The molecule has 0 bridgehead atoms. The largest absolute Gasteiger partial charge is 0.354 e. The lowest BCUT2D eigenvalue weighted by Crippen LogP contribution is -2.39. The summed E-state index contributed by atoms with van der Waals surface area (Å²) in [5.41, 5.74) is 1.17. The van der Waals surface area contributed by atoms with E-state index in [2.05, 4.69) is 29.7 Å². The van der Waals surface area contributed by atoms with Gasteiger partial charge < -0.3 is 10.6 Å². The van der Waals surface area contributed by atoms with Crippen LogP contribution in [0.4, 0.5) is 0 Å². The highest BCUT2D eigenvalue weighted by atomic mass is 32.2. The van der Waals surface area contributed by atoms with Crippen LogP contribution in [0.1, 0.15) is 18.4 Å². The maximum absolute atomic E-state index is 12.1. The molecule has 1 aromatic carbocycles. The highest BCUT2D eigenvalue weighted by Crippen LogP contribution is 2.39. The summed E-state index contributed by atoms with van der Waals surface area (Å²) in [6.45, 7) is 2.73. The molecule has 0 fully saturated rings. The number of amides is 1. The van der Waals surface area contributed by atoms with Crippen LogP contribution in [0.25, 0.3) is 0 Å². The van der Waals surface area contributed by atoms with Gasteiger partial charge in [-0.05, 0) is 25.6 Å². The molecule has 1 aliphatic rings. The standard InChI is InChI=1S/C13H18N2OS/c1-9(14-2)7-15-13(16)11-8-17-12-6-4-3-5-10(11)12/h3-6,9,11,14H,7-8H2,1-2H3,(H,15,16). The van der Waals surface area contributed by atoms with Crippen molar-refractivity contribution in [2.24, 2.45) is 0 Å². The fourth-order valence-electron chi connectivity index (χ4n) is 1.86. The Bertz CT molecular complexity index is 408. The molecule has 2 unspecified atom stereocenters. The zero-order chi connectivity index (χ0) is 12.3. The summed E-state index contributed by atoms with van der Waals surface area (Å²) in [5, 5.41) is 6.11. The summed E-state index contributed by atoms with van der Waals surface area (Å²) >= 11 is 1.77. The summed E-state index contributed by atoms with van der Waals surface area (Å²) in [7, 11) is 1.90. The third-order valence-corrected chi connectivity index (χ3v) is 4.27. The number of thioether (sulfide) groups is 1. The van der Waals surface area contributed by atoms with Crippen LogP contribution >= 0.6 is 11.8 Å². The summed E-state index contributed by atoms with van der Waals surface area (Å²) in [6.07, 6.45) is 0. The fourth-order valence-corrected chi connectivity index (χ4v) is 3.09. The predicted octanol–water partition coefficient (Wildman–Crippen LogP) is 1.60. The van der Waals surface area contributed by atoms with Gasteiger partial charge in [0, 0.05) is 23.2 Å². The Morgan fingerprint density at radius 1 is 1.53 bits per heavy atom. The van der Waals surface area contributed by atoms with E-state index in [1.807, 2.05) is 19.2 Å². The normalized spacial score (nSPS) is 19.8. The van der Waals surface area contributed by atoms with E-state index in [9.17, 15) is 4.79 Å². The van der Waals surface area contributed by atoms with Gasteiger partial charge in [-0.2, -0.15) is 0 Å². The zero-order valence-electron chi connectivity index (χ0n) is 10.2. The first-order valence-corrected chi connectivity index (χ1v) is 6.87. The zero-order valence-corrected chi connectivity index (χ0v) is 11.0. The summed E-state index contributed by atoms with van der Waals surface area (Å²) in [5.74, 6) is 1.02. The monoisotopic (exact) mass is 250 g/mol. The van der Waals surface area contributed by atoms with Crippen molar-refractivity contribution >= 4 is 17.7 Å². The Kier molecular flexibility index (Phi) is 4.07. The van der Waals surface area contributed by atoms with Gasteiger partial charge in [0.1, 0.15) is 0 Å². The van der Waals surface area contributed by atoms with Crippen LogP contribution < -0.4 is 10.6 Å². The minimum absolute atomic E-state index is 0.0141. The van der Waals surface area contributed by atoms with Crippen LogP contribution in [-0.2, 0) is 4.79 Å². The van der Waals surface area contributed by atoms with Gasteiger partial charge in [-0.3, -0.25) is 4.79 Å². The molecule has 2 N–H and O–H groups in total. The fraction of sp³-hybridized carbons (Fsp3) is 0.462. The van der Waals surface area contributed by atoms with Crippen molar-refractivity contribution in [3.05, 3.63) is 29.8 Å². The molecular weight excluding hydrogens is 232 g/mol. The van der Waals surface area contributed by atoms with E-state index in [0.717, 1.165) is 5.75 Å². The third-order valence-electron chi connectivity index (χ3n) is 3.09. The number of carbonyl (C=O) groups excluding carboxylic acids is 1. The van der Waals surface area contributed by atoms with E-state index in [1.54, 1.807) is 11.8 Å². The van der Waals surface area contributed by atoms with Gasteiger partial charge in [-0.25, -0.2) is 0 Å². The smallest absolute Gasteiger partial charge is 0.228 e. The molecule has 2 atom stereocenters. The van der Waals surface area contributed by atoms with Crippen LogP contribution in [0, 0.1) is 0 Å². The number of nitrogens with one attached hydrogen (secondary N) is 2. The van der Waals surface area contributed by atoms with Crippen LogP contribution in [0.15, 0.2) is 29.2 Å². The molecule has 2 rings (SSSR count). The molecule has 0 aromatic heterocycles. The molecule has 3 nitrogen and oxygen atoms in total. The first-order valence-electron chi connectivity index (χ1n) is 5.89. The Hall–Kier alpha value is -1.00. The first-order chi connectivity index (χ1) is 8.22. The minimum atomic E-state index is 0.0141. The second-order valence-electron chi connectivity index (χ2n) is 4.34. The number of rotatable bonds is 4. The lowest BCUT2D eigenvalue weighted by Gasteiger charge is -2.15. The van der Waals surface area contributed by atoms with Gasteiger partial charge in [-0.15, -0.1) is 11.8 Å². The lowest BCUT2D eigenvalue weighted by molar-refractivity contribution is -0.122. The lowest BCUT2D eigenvalue weighted by atomic mass is 10.0. The van der Waals surface area contributed by atoms with E-state index in [0.29, 0.717) is 12.6 Å². The summed E-state index contributed by atoms with van der Waals surface area (Å²) < 4.78 is 0. The van der Waals surface area contributed by atoms with Crippen molar-refractivity contribution in [2.75, 3.05) is 19.3 Å². The van der Waals surface area contributed by atoms with Crippen molar-refractivity contribution in [2.45, 2.75) is 23.8 Å². The molecule has 0 saturated heterocycles. The highest BCUT2D eigenvalue weighted by Gasteiger charge is 2.28. The molecule has 0 spiro atoms. The van der Waals surface area contributed by atoms with Crippen LogP contribution in [0.5, 0.6) is 0 Å². The Morgan fingerprint density at radius 3 is 3.06 bits per heavy atom. The van der Waals surface area contributed by atoms with Gasteiger partial charge in [0.05, 0.1) is 5.92 Å². The second-order valence-corrected chi connectivity index (χ2v) is 5.40. The molecule has 1 amide bonds. The molecule has 1 aliphatic heterocycles. The maximum Gasteiger partial charge on any atom is 0.228 e. The Labute approximate surface area is 106 Å². The molecule has 1 aromatic rings. The third kappa shape index (κ3) is 2.82. The minimum Gasteiger partial charge on any atom is -0.354 e. The number of hydrogen-bond acceptors (Lipinski definition) is 3. The van der Waals surface area contributed by atoms with Crippen LogP contribution in [0.3, 0.4) is 0 Å². The molecule has 4 heteroatoms. The number of fused-ring (bicyclic) bond motifs is 1. The van der Waals surface area contributed by atoms with E-state index in [-0.39, 0.29) is 11.8 Å². The summed E-state index contributed by atoms with van der Waals surface area (Å²) in [6, 6.07) is 8.48. The van der Waals surface area contributed by atoms with Crippen molar-refractivity contribution in [1.82, 2.24) is 10.6 Å². The van der Waals surface area contributed by atoms with Crippen molar-refractivity contribution in [1.29, 1.82) is 0 Å². The SMILES string of the molecule is CNC(C)CNC(=O)C1CSc2ccccc21. The molecule has 17 heavy (non-hydrogen) atoms. The van der Waals surface area contributed by atoms with Gasteiger partial charge >= 0.3 is 0 Å². The van der Waals surface area contributed by atoms with E-state index >= 15 is 0 Å². The van der Waals surface area contributed by atoms with Crippen LogP contribution in [0.2, 0.25) is 0 Å². The molecule has 0 saturated carbocycles. The van der Waals surface area contributed by atoms with Gasteiger partial charge in [0.2, 0.25) is 5.91 Å². The molecule has 1 heterocycles. The summed E-state index contributed by atoms with van der Waals surface area (Å²) in [4.78, 5) is 13.3. The first kappa shape index (κ1) is 12.5. The van der Waals surface area contributed by atoms with E-state index < -0.39 is 0 Å². The van der Waals surface area contributed by atoms with Crippen molar-refractivity contribution in [3.8, 4) is 0 Å². The number of benzene rings is 1. The molecule has 0 radical (unpaired) electrons. The highest BCUT2D eigenvalue weighted by molar-refractivity contribution is 7.99. The van der Waals surface area contributed by atoms with E-state index in [1.165, 1.54) is 10.5 Å². The maximum atomic E-state index is 12.1. The van der Waals surface area contributed by atoms with Gasteiger partial charge in [0.25, 0.3) is 0 Å². The average Bonchev–Trinajstić information content (AvgIpc) is 2.79.